The van der Waals surface area contributed by atoms with Crippen LogP contribution in [0.1, 0.15) is 6.92 Å². The molecule has 0 radical (unpaired) electrons. The van der Waals surface area contributed by atoms with Crippen LogP contribution in [0.15, 0.2) is 18.2 Å². The summed E-state index contributed by atoms with van der Waals surface area (Å²) in [6.07, 6.45) is 1.99. The topological polar surface area (TPSA) is 67.5 Å². The third-order valence-electron chi connectivity index (χ3n) is 2.67. The first-order chi connectivity index (χ1) is 8.12. The van der Waals surface area contributed by atoms with E-state index in [0.29, 0.717) is 11.4 Å². The van der Waals surface area contributed by atoms with Gasteiger partial charge in [0.25, 0.3) is 0 Å². The lowest BCUT2D eigenvalue weighted by Gasteiger charge is -2.22. The summed E-state index contributed by atoms with van der Waals surface area (Å²) in [6, 6.07) is 5.74. The van der Waals surface area contributed by atoms with Crippen molar-refractivity contribution in [2.45, 2.75) is 18.2 Å². The molecule has 1 aromatic carbocycles. The predicted octanol–water partition coefficient (Wildman–Crippen LogP) is 1.80. The summed E-state index contributed by atoms with van der Waals surface area (Å²) in [5.74, 6) is 0.659. The Morgan fingerprint density at radius 1 is 1.53 bits per heavy atom. The van der Waals surface area contributed by atoms with Crippen LogP contribution in [0.4, 0.5) is 11.4 Å². The Kier molecular flexibility index (Phi) is 5.44. The highest BCUT2D eigenvalue weighted by Gasteiger charge is 2.15. The van der Waals surface area contributed by atoms with Gasteiger partial charge in [-0.05, 0) is 25.3 Å². The number of aliphatic hydroxyl groups is 1. The Hall–Kier alpha value is -1.07. The van der Waals surface area contributed by atoms with Crippen LogP contribution in [-0.4, -0.2) is 36.4 Å². The molecule has 96 valence electrons. The molecule has 1 rings (SSSR count). The van der Waals surface area contributed by atoms with E-state index in [9.17, 15) is 5.11 Å². The molecule has 2 atom stereocenters. The van der Waals surface area contributed by atoms with Crippen LogP contribution in [0.2, 0.25) is 0 Å². The number of nitrogens with two attached hydrogens (primary N) is 1. The summed E-state index contributed by atoms with van der Waals surface area (Å²) < 4.78 is 5.16. The van der Waals surface area contributed by atoms with Crippen molar-refractivity contribution < 1.29 is 9.84 Å². The highest BCUT2D eigenvalue weighted by atomic mass is 32.2. The molecule has 0 aliphatic heterocycles. The maximum Gasteiger partial charge on any atom is 0.143 e. The fourth-order valence-corrected chi connectivity index (χ4v) is 2.22. The van der Waals surface area contributed by atoms with Crippen molar-refractivity contribution in [3.8, 4) is 5.75 Å². The number of benzene rings is 1. The first kappa shape index (κ1) is 14.0. The molecule has 4 N–H and O–H groups in total. The Morgan fingerprint density at radius 2 is 2.24 bits per heavy atom. The zero-order chi connectivity index (χ0) is 12.8. The molecule has 0 spiro atoms. The van der Waals surface area contributed by atoms with Gasteiger partial charge < -0.3 is 20.9 Å². The van der Waals surface area contributed by atoms with Crippen molar-refractivity contribution in [3.63, 3.8) is 0 Å². The highest BCUT2D eigenvalue weighted by molar-refractivity contribution is 7.99. The van der Waals surface area contributed by atoms with Crippen LogP contribution < -0.4 is 15.8 Å². The molecule has 0 aliphatic carbocycles. The van der Waals surface area contributed by atoms with E-state index in [-0.39, 0.29) is 17.9 Å². The third-order valence-corrected chi connectivity index (χ3v) is 3.83. The van der Waals surface area contributed by atoms with Gasteiger partial charge in [0.2, 0.25) is 0 Å². The van der Waals surface area contributed by atoms with Gasteiger partial charge in [-0.25, -0.2) is 0 Å². The monoisotopic (exact) mass is 256 g/mol. The maximum atomic E-state index is 9.21. The Bertz CT molecular complexity index is 356. The van der Waals surface area contributed by atoms with E-state index >= 15 is 0 Å². The van der Waals surface area contributed by atoms with Crippen molar-refractivity contribution in [1.29, 1.82) is 0 Å². The molecule has 5 heteroatoms. The van der Waals surface area contributed by atoms with Gasteiger partial charge in [-0.15, -0.1) is 0 Å². The number of aliphatic hydroxyl groups excluding tert-OH is 1. The van der Waals surface area contributed by atoms with E-state index in [0.717, 1.165) is 5.69 Å². The summed E-state index contributed by atoms with van der Waals surface area (Å²) in [6.45, 7) is 2.20. The lowest BCUT2D eigenvalue weighted by molar-refractivity contribution is 0.288. The second-order valence-electron chi connectivity index (χ2n) is 3.85. The van der Waals surface area contributed by atoms with Crippen molar-refractivity contribution in [1.82, 2.24) is 0 Å². The van der Waals surface area contributed by atoms with Crippen LogP contribution in [0.5, 0.6) is 5.75 Å². The fraction of sp³-hybridized carbons (Fsp3) is 0.500. The maximum absolute atomic E-state index is 9.21. The Morgan fingerprint density at radius 3 is 2.76 bits per heavy atom. The number of hydrogen-bond acceptors (Lipinski definition) is 5. The predicted molar refractivity (Wildman–Crippen MR) is 74.9 cm³/mol. The minimum Gasteiger partial charge on any atom is -0.495 e. The summed E-state index contributed by atoms with van der Waals surface area (Å²) in [4.78, 5) is 0. The summed E-state index contributed by atoms with van der Waals surface area (Å²) in [5, 5.41) is 12.7. The van der Waals surface area contributed by atoms with Crippen LogP contribution in [0.3, 0.4) is 0 Å². The molecule has 0 amide bonds. The van der Waals surface area contributed by atoms with Crippen LogP contribution in [0, 0.1) is 0 Å². The largest absolute Gasteiger partial charge is 0.495 e. The quantitative estimate of drug-likeness (QED) is 0.677. The average molecular weight is 256 g/mol. The second kappa shape index (κ2) is 6.61. The van der Waals surface area contributed by atoms with Gasteiger partial charge in [0.15, 0.2) is 0 Å². The first-order valence-corrected chi connectivity index (χ1v) is 6.74. The van der Waals surface area contributed by atoms with E-state index < -0.39 is 0 Å². The third kappa shape index (κ3) is 3.71. The van der Waals surface area contributed by atoms with Gasteiger partial charge in [-0.2, -0.15) is 11.8 Å². The smallest absolute Gasteiger partial charge is 0.143 e. The number of methoxy groups -OCH3 is 1. The molecule has 1 aromatic rings. The number of thioether (sulfide) groups is 1. The van der Waals surface area contributed by atoms with Crippen LogP contribution in [-0.2, 0) is 0 Å². The normalized spacial score (nSPS) is 14.1. The van der Waals surface area contributed by atoms with Gasteiger partial charge in [-0.3, -0.25) is 0 Å². The molecular weight excluding hydrogens is 236 g/mol. The number of hydrogen-bond donors (Lipinski definition) is 3. The molecule has 4 nitrogen and oxygen atoms in total. The summed E-state index contributed by atoms with van der Waals surface area (Å²) >= 11 is 1.64. The van der Waals surface area contributed by atoms with Gasteiger partial charge in [-0.1, -0.05) is 0 Å². The fourth-order valence-electron chi connectivity index (χ4n) is 1.59. The molecule has 2 unspecified atom stereocenters. The minimum absolute atomic E-state index is 0.154. The van der Waals surface area contributed by atoms with Crippen molar-refractivity contribution in [2.75, 3.05) is 31.0 Å². The van der Waals surface area contributed by atoms with Gasteiger partial charge in [0.1, 0.15) is 5.75 Å². The number of nitrogens with one attached hydrogen (secondary N) is 1. The van der Waals surface area contributed by atoms with Crippen LogP contribution >= 0.6 is 11.8 Å². The number of ether oxygens (including phenoxy) is 1. The van der Waals surface area contributed by atoms with Gasteiger partial charge in [0, 0.05) is 23.0 Å². The number of rotatable bonds is 6. The summed E-state index contributed by atoms with van der Waals surface area (Å²) in [5.41, 5.74) is 7.31. The molecule has 0 aliphatic rings. The highest BCUT2D eigenvalue weighted by Crippen LogP contribution is 2.26. The Labute approximate surface area is 107 Å². The Balaban J connectivity index is 2.74. The van der Waals surface area contributed by atoms with E-state index in [1.54, 1.807) is 24.9 Å². The van der Waals surface area contributed by atoms with E-state index in [1.807, 2.05) is 25.3 Å². The second-order valence-corrected chi connectivity index (χ2v) is 4.92. The standard InChI is InChI=1S/C12H20N2O2S/c1-8(12(7-15)17-3)14-9-4-5-10(13)11(6-9)16-2/h4-6,8,12,14-15H,7,13H2,1-3H3. The average Bonchev–Trinajstić information content (AvgIpc) is 2.33. The molecule has 0 bridgehead atoms. The molecule has 0 saturated carbocycles. The molecule has 17 heavy (non-hydrogen) atoms. The molecule has 0 aromatic heterocycles. The summed E-state index contributed by atoms with van der Waals surface area (Å²) in [7, 11) is 1.59. The van der Waals surface area contributed by atoms with Gasteiger partial charge >= 0.3 is 0 Å². The van der Waals surface area contributed by atoms with Crippen LogP contribution in [0.25, 0.3) is 0 Å². The molecule has 0 fully saturated rings. The van der Waals surface area contributed by atoms with Crippen molar-refractivity contribution >= 4 is 23.1 Å². The minimum atomic E-state index is 0.154. The van der Waals surface area contributed by atoms with Gasteiger partial charge in [0.05, 0.1) is 19.4 Å². The number of nitrogen functional groups attached to an aromatic ring is 1. The van der Waals surface area contributed by atoms with Crippen molar-refractivity contribution in [2.24, 2.45) is 0 Å². The number of anilines is 2. The zero-order valence-electron chi connectivity index (χ0n) is 10.4. The SMILES string of the molecule is COc1cc(NC(C)C(CO)SC)ccc1N. The molecular formula is C12H20N2O2S. The lowest BCUT2D eigenvalue weighted by atomic mass is 10.2. The molecule has 0 heterocycles. The lowest BCUT2D eigenvalue weighted by Crippen LogP contribution is -2.30. The van der Waals surface area contributed by atoms with E-state index in [4.69, 9.17) is 10.5 Å². The molecule has 0 saturated heterocycles. The van der Waals surface area contributed by atoms with E-state index in [1.165, 1.54) is 0 Å². The first-order valence-electron chi connectivity index (χ1n) is 5.46. The zero-order valence-corrected chi connectivity index (χ0v) is 11.3. The van der Waals surface area contributed by atoms with Crippen molar-refractivity contribution in [3.05, 3.63) is 18.2 Å². The van der Waals surface area contributed by atoms with E-state index in [2.05, 4.69) is 5.32 Å².